The van der Waals surface area contributed by atoms with E-state index in [1.807, 2.05) is 6.07 Å². The van der Waals surface area contributed by atoms with Gasteiger partial charge in [0.2, 0.25) is 9.84 Å². The number of nitrogens with zero attached hydrogens (tertiary/aromatic N) is 1. The molecule has 0 aliphatic rings. The molecular weight excluding hydrogens is 338 g/mol. The van der Waals surface area contributed by atoms with E-state index in [4.69, 9.17) is 4.74 Å². The molecule has 0 aliphatic heterocycles. The minimum Gasteiger partial charge on any atom is -0.465 e. The third-order valence-electron chi connectivity index (χ3n) is 3.70. The van der Waals surface area contributed by atoms with E-state index in [0.717, 1.165) is 0 Å². The molecule has 0 bridgehead atoms. The Morgan fingerprint density at radius 3 is 2.28 bits per heavy atom. The second kappa shape index (κ2) is 6.86. The Morgan fingerprint density at radius 1 is 0.920 bits per heavy atom. The molecule has 0 aliphatic carbocycles. The summed E-state index contributed by atoms with van der Waals surface area (Å²) in [5.74, 6) is -0.600. The van der Waals surface area contributed by atoms with E-state index >= 15 is 0 Å². The lowest BCUT2D eigenvalue weighted by Crippen LogP contribution is -2.10. The Bertz CT molecular complexity index is 1000. The first-order chi connectivity index (χ1) is 12.1. The maximum Gasteiger partial charge on any atom is 0.338 e. The highest BCUT2D eigenvalue weighted by atomic mass is 32.2. The number of esters is 1. The zero-order valence-corrected chi connectivity index (χ0v) is 14.2. The van der Waals surface area contributed by atoms with Crippen molar-refractivity contribution in [1.82, 2.24) is 4.98 Å². The third-order valence-corrected chi connectivity index (χ3v) is 5.41. The first-order valence-electron chi connectivity index (χ1n) is 7.48. The predicted molar refractivity (Wildman–Crippen MR) is 92.9 cm³/mol. The number of ether oxygens (including phenoxy) is 1. The molecule has 1 heterocycles. The summed E-state index contributed by atoms with van der Waals surface area (Å²) in [6, 6.07) is 18.1. The number of carbonyl (C=O) groups is 1. The molecule has 0 spiro atoms. The van der Waals surface area contributed by atoms with E-state index in [1.54, 1.807) is 42.5 Å². The van der Waals surface area contributed by atoms with E-state index in [0.29, 0.717) is 11.1 Å². The molecule has 3 rings (SSSR count). The highest BCUT2D eigenvalue weighted by molar-refractivity contribution is 7.91. The van der Waals surface area contributed by atoms with Gasteiger partial charge in [0.25, 0.3) is 0 Å². The summed E-state index contributed by atoms with van der Waals surface area (Å²) < 4.78 is 31.0. The molecule has 25 heavy (non-hydrogen) atoms. The molecular formula is C19H15NO4S. The number of methoxy groups -OCH3 is 1. The average molecular weight is 353 g/mol. The van der Waals surface area contributed by atoms with Crippen LogP contribution in [0.1, 0.15) is 10.4 Å². The number of carbonyl (C=O) groups excluding carboxylic acids is 1. The fourth-order valence-corrected chi connectivity index (χ4v) is 3.99. The SMILES string of the molecule is COC(=O)c1cccc(S(=O)(=O)c2ccccn2)c1-c1ccccc1. The molecule has 0 N–H and O–H groups in total. The van der Waals surface area contributed by atoms with Crippen molar-refractivity contribution < 1.29 is 17.9 Å². The molecule has 0 unspecified atom stereocenters. The van der Waals surface area contributed by atoms with Crippen LogP contribution in [-0.2, 0) is 14.6 Å². The van der Waals surface area contributed by atoms with Gasteiger partial charge in [-0.25, -0.2) is 18.2 Å². The van der Waals surface area contributed by atoms with Crippen molar-refractivity contribution in [2.45, 2.75) is 9.92 Å². The highest BCUT2D eigenvalue weighted by Gasteiger charge is 2.27. The normalized spacial score (nSPS) is 11.1. The summed E-state index contributed by atoms with van der Waals surface area (Å²) in [6.07, 6.45) is 1.42. The second-order valence-corrected chi connectivity index (χ2v) is 7.07. The van der Waals surface area contributed by atoms with Gasteiger partial charge < -0.3 is 4.74 Å². The monoisotopic (exact) mass is 353 g/mol. The van der Waals surface area contributed by atoms with Crippen LogP contribution < -0.4 is 0 Å². The van der Waals surface area contributed by atoms with Crippen molar-refractivity contribution in [2.24, 2.45) is 0 Å². The summed E-state index contributed by atoms with van der Waals surface area (Å²) in [6.45, 7) is 0. The molecule has 0 saturated carbocycles. The van der Waals surface area contributed by atoms with Gasteiger partial charge in [-0.15, -0.1) is 0 Å². The Kier molecular flexibility index (Phi) is 4.63. The largest absolute Gasteiger partial charge is 0.465 e. The van der Waals surface area contributed by atoms with Gasteiger partial charge in [0.05, 0.1) is 17.6 Å². The van der Waals surface area contributed by atoms with Gasteiger partial charge in [0.1, 0.15) is 0 Å². The topological polar surface area (TPSA) is 73.3 Å². The lowest BCUT2D eigenvalue weighted by Gasteiger charge is -2.14. The van der Waals surface area contributed by atoms with Gasteiger partial charge in [-0.2, -0.15) is 0 Å². The molecule has 0 saturated heterocycles. The van der Waals surface area contributed by atoms with E-state index < -0.39 is 15.8 Å². The molecule has 0 amide bonds. The van der Waals surface area contributed by atoms with Crippen LogP contribution in [0.25, 0.3) is 11.1 Å². The molecule has 1 aromatic heterocycles. The van der Waals surface area contributed by atoms with Crippen LogP contribution in [0.3, 0.4) is 0 Å². The van der Waals surface area contributed by atoms with Gasteiger partial charge in [-0.1, -0.05) is 42.5 Å². The van der Waals surface area contributed by atoms with Crippen LogP contribution in [0.4, 0.5) is 0 Å². The summed E-state index contributed by atoms with van der Waals surface area (Å²) >= 11 is 0. The fourth-order valence-electron chi connectivity index (χ4n) is 2.56. The molecule has 2 aromatic carbocycles. The first-order valence-corrected chi connectivity index (χ1v) is 8.97. The van der Waals surface area contributed by atoms with E-state index in [1.165, 1.54) is 31.5 Å². The van der Waals surface area contributed by atoms with E-state index in [9.17, 15) is 13.2 Å². The number of pyridine rings is 1. The second-order valence-electron chi connectivity index (χ2n) is 5.21. The molecule has 0 radical (unpaired) electrons. The van der Waals surface area contributed by atoms with Crippen LogP contribution in [-0.4, -0.2) is 26.5 Å². The maximum absolute atomic E-state index is 13.1. The Balaban J connectivity index is 2.33. The number of aromatic nitrogens is 1. The molecule has 0 atom stereocenters. The van der Waals surface area contributed by atoms with Gasteiger partial charge in [0, 0.05) is 11.8 Å². The van der Waals surface area contributed by atoms with Crippen molar-refractivity contribution >= 4 is 15.8 Å². The third kappa shape index (κ3) is 3.16. The van der Waals surface area contributed by atoms with E-state index in [-0.39, 0.29) is 15.5 Å². The first kappa shape index (κ1) is 16.9. The minimum absolute atomic E-state index is 0.0142. The molecule has 5 nitrogen and oxygen atoms in total. The Morgan fingerprint density at radius 2 is 1.64 bits per heavy atom. The average Bonchev–Trinajstić information content (AvgIpc) is 2.68. The zero-order chi connectivity index (χ0) is 17.9. The number of rotatable bonds is 4. The molecule has 0 fully saturated rings. The standard InChI is InChI=1S/C19H15NO4S/c1-24-19(21)15-10-7-11-16(18(15)14-8-3-2-4-9-14)25(22,23)17-12-5-6-13-20-17/h2-13H,1H3. The molecule has 3 aromatic rings. The van der Waals surface area contributed by atoms with Crippen LogP contribution in [0.2, 0.25) is 0 Å². The predicted octanol–water partition coefficient (Wildman–Crippen LogP) is 3.37. The molecule has 126 valence electrons. The number of sulfone groups is 1. The van der Waals surface area contributed by atoms with Crippen LogP contribution in [0.15, 0.2) is 82.8 Å². The van der Waals surface area contributed by atoms with Crippen LogP contribution in [0.5, 0.6) is 0 Å². The lowest BCUT2D eigenvalue weighted by molar-refractivity contribution is 0.0601. The van der Waals surface area contributed by atoms with Crippen LogP contribution >= 0.6 is 0 Å². The van der Waals surface area contributed by atoms with Crippen molar-refractivity contribution in [1.29, 1.82) is 0 Å². The summed E-state index contributed by atoms with van der Waals surface area (Å²) in [5.41, 5.74) is 1.10. The smallest absolute Gasteiger partial charge is 0.338 e. The summed E-state index contributed by atoms with van der Waals surface area (Å²) in [4.78, 5) is 16.2. The molecule has 6 heteroatoms. The van der Waals surface area contributed by atoms with Gasteiger partial charge in [-0.05, 0) is 29.8 Å². The highest BCUT2D eigenvalue weighted by Crippen LogP contribution is 2.34. The van der Waals surface area contributed by atoms with Gasteiger partial charge in [0.15, 0.2) is 5.03 Å². The van der Waals surface area contributed by atoms with Crippen molar-refractivity contribution in [3.05, 3.63) is 78.5 Å². The fraction of sp³-hybridized carbons (Fsp3) is 0.0526. The van der Waals surface area contributed by atoms with Crippen molar-refractivity contribution in [3.63, 3.8) is 0 Å². The summed E-state index contributed by atoms with van der Waals surface area (Å²) in [5, 5.41) is -0.0748. The Hall–Kier alpha value is -2.99. The van der Waals surface area contributed by atoms with Crippen molar-refractivity contribution in [2.75, 3.05) is 7.11 Å². The lowest BCUT2D eigenvalue weighted by atomic mass is 10.00. The van der Waals surface area contributed by atoms with E-state index in [2.05, 4.69) is 4.98 Å². The summed E-state index contributed by atoms with van der Waals surface area (Å²) in [7, 11) is -2.64. The van der Waals surface area contributed by atoms with Crippen molar-refractivity contribution in [3.8, 4) is 11.1 Å². The number of benzene rings is 2. The van der Waals surface area contributed by atoms with Gasteiger partial charge >= 0.3 is 5.97 Å². The Labute approximate surface area is 145 Å². The number of hydrogen-bond acceptors (Lipinski definition) is 5. The quantitative estimate of drug-likeness (QED) is 0.673. The van der Waals surface area contributed by atoms with Gasteiger partial charge in [-0.3, -0.25) is 0 Å². The maximum atomic E-state index is 13.1. The minimum atomic E-state index is -3.90. The van der Waals surface area contributed by atoms with Crippen LogP contribution in [0, 0.1) is 0 Å². The zero-order valence-electron chi connectivity index (χ0n) is 13.4. The number of hydrogen-bond donors (Lipinski definition) is 0.